The van der Waals surface area contributed by atoms with Crippen molar-refractivity contribution in [3.05, 3.63) is 47.5 Å². The molecule has 0 aliphatic heterocycles. The van der Waals surface area contributed by atoms with E-state index in [4.69, 9.17) is 4.74 Å². The molecule has 4 nitrogen and oxygen atoms in total. The normalized spacial score (nSPS) is 11.7. The van der Waals surface area contributed by atoms with Crippen LogP contribution in [0.1, 0.15) is 24.2 Å². The Morgan fingerprint density at radius 1 is 1.17 bits per heavy atom. The van der Waals surface area contributed by atoms with Gasteiger partial charge in [0.2, 0.25) is 0 Å². The number of carbonyl (C=O) groups excluding carboxylic acids is 2. The maximum atomic E-state index is 11.7. The molecule has 0 bridgehead atoms. The molecule has 1 aromatic carbocycles. The van der Waals surface area contributed by atoms with E-state index in [0.29, 0.717) is 5.56 Å². The average Bonchev–Trinajstić information content (AvgIpc) is 2.49. The molecule has 0 aliphatic rings. The Morgan fingerprint density at radius 2 is 1.74 bits per heavy atom. The second-order valence-electron chi connectivity index (χ2n) is 6.13. The van der Waals surface area contributed by atoms with E-state index in [1.165, 1.54) is 14.0 Å². The van der Waals surface area contributed by atoms with Gasteiger partial charge in [-0.2, -0.15) is 0 Å². The van der Waals surface area contributed by atoms with E-state index in [-0.39, 0.29) is 5.57 Å². The minimum Gasteiger partial charge on any atom is -0.466 e. The molecular weight excluding hydrogens is 308 g/mol. The molecule has 0 aliphatic carbocycles. The Kier molecular flexibility index (Phi) is 6.34. The van der Waals surface area contributed by atoms with Crippen molar-refractivity contribution in [1.29, 1.82) is 0 Å². The molecule has 5 heteroatoms. The third-order valence-corrected chi connectivity index (χ3v) is 3.72. The number of ether oxygens (including phenoxy) is 2. The summed E-state index contributed by atoms with van der Waals surface area (Å²) in [7, 11) is -0.183. The second kappa shape index (κ2) is 7.79. The highest BCUT2D eigenvalue weighted by atomic mass is 28.3. The van der Waals surface area contributed by atoms with Crippen molar-refractivity contribution in [3.8, 4) is 11.5 Å². The Balaban J connectivity index is 3.08. The van der Waals surface area contributed by atoms with E-state index in [2.05, 4.69) is 42.4 Å². The summed E-state index contributed by atoms with van der Waals surface area (Å²) in [6, 6.07) is 7.22. The third kappa shape index (κ3) is 6.13. The van der Waals surface area contributed by atoms with E-state index < -0.39 is 26.1 Å². The van der Waals surface area contributed by atoms with Crippen LogP contribution in [0.3, 0.4) is 0 Å². The largest absolute Gasteiger partial charge is 0.466 e. The molecule has 23 heavy (non-hydrogen) atoms. The van der Waals surface area contributed by atoms with Crippen LogP contribution in [0, 0.1) is 11.5 Å². The van der Waals surface area contributed by atoms with E-state index in [9.17, 15) is 9.59 Å². The minimum absolute atomic E-state index is 0.0728. The number of hydrogen-bond donors (Lipinski definition) is 0. The SMILES string of the molecule is C=C(C(=O)OC)C(OC(C)=O)c1ccc(C#C[Si](C)(C)C)cc1. The van der Waals surface area contributed by atoms with Crippen LogP contribution < -0.4 is 0 Å². The van der Waals surface area contributed by atoms with Crippen LogP contribution >= 0.6 is 0 Å². The standard InChI is InChI=1S/C18H22O4Si/c1-13(18(20)21-3)17(22-14(2)19)16-9-7-15(8-10-16)11-12-23(4,5)6/h7-10,17H,1H2,2-6H3. The minimum atomic E-state index is -1.44. The summed E-state index contributed by atoms with van der Waals surface area (Å²) < 4.78 is 9.86. The average molecular weight is 330 g/mol. The van der Waals surface area contributed by atoms with Crippen LogP contribution in [0.15, 0.2) is 36.4 Å². The lowest BCUT2D eigenvalue weighted by molar-refractivity contribution is -0.147. The first-order chi connectivity index (χ1) is 10.6. The van der Waals surface area contributed by atoms with Crippen LogP contribution in [0.4, 0.5) is 0 Å². The number of esters is 2. The first-order valence-corrected chi connectivity index (χ1v) is 10.7. The first kappa shape index (κ1) is 18.7. The Hall–Kier alpha value is -2.32. The quantitative estimate of drug-likeness (QED) is 0.368. The van der Waals surface area contributed by atoms with Gasteiger partial charge < -0.3 is 9.47 Å². The number of hydrogen-bond acceptors (Lipinski definition) is 4. The summed E-state index contributed by atoms with van der Waals surface area (Å²) in [4.78, 5) is 22.9. The molecular formula is C18H22O4Si. The smallest absolute Gasteiger partial charge is 0.337 e. The number of carbonyl (C=O) groups is 2. The van der Waals surface area contributed by atoms with Gasteiger partial charge in [0.15, 0.2) is 6.10 Å². The predicted molar refractivity (Wildman–Crippen MR) is 92.3 cm³/mol. The van der Waals surface area contributed by atoms with E-state index in [1.54, 1.807) is 12.1 Å². The van der Waals surface area contributed by atoms with Crippen LogP contribution in [0.5, 0.6) is 0 Å². The van der Waals surface area contributed by atoms with Crippen molar-refractivity contribution in [1.82, 2.24) is 0 Å². The summed E-state index contributed by atoms with van der Waals surface area (Å²) in [6.45, 7) is 11.5. The molecule has 0 saturated carbocycles. The third-order valence-electron chi connectivity index (χ3n) is 2.84. The van der Waals surface area contributed by atoms with Gasteiger partial charge in [-0.3, -0.25) is 4.79 Å². The van der Waals surface area contributed by atoms with Gasteiger partial charge in [-0.15, -0.1) is 5.54 Å². The zero-order valence-corrected chi connectivity index (χ0v) is 15.2. The highest BCUT2D eigenvalue weighted by Gasteiger charge is 2.24. The molecule has 0 heterocycles. The molecule has 1 atom stereocenters. The van der Waals surface area contributed by atoms with Crippen LogP contribution in [-0.2, 0) is 19.1 Å². The van der Waals surface area contributed by atoms with Crippen molar-refractivity contribution in [2.24, 2.45) is 0 Å². The zero-order chi connectivity index (χ0) is 17.6. The summed E-state index contributed by atoms with van der Waals surface area (Å²) in [5.74, 6) is 2.03. The van der Waals surface area contributed by atoms with E-state index in [1.807, 2.05) is 12.1 Å². The van der Waals surface area contributed by atoms with Crippen molar-refractivity contribution >= 4 is 20.0 Å². The molecule has 1 rings (SSSR count). The molecule has 122 valence electrons. The van der Waals surface area contributed by atoms with Gasteiger partial charge in [0.1, 0.15) is 8.07 Å². The maximum absolute atomic E-state index is 11.7. The number of benzene rings is 1. The fraction of sp³-hybridized carbons (Fsp3) is 0.333. The molecule has 0 radical (unpaired) electrons. The molecule has 0 N–H and O–H groups in total. The fourth-order valence-corrected chi connectivity index (χ4v) is 2.26. The predicted octanol–water partition coefficient (Wildman–Crippen LogP) is 3.25. The van der Waals surface area contributed by atoms with Crippen molar-refractivity contribution in [2.75, 3.05) is 7.11 Å². The lowest BCUT2D eigenvalue weighted by atomic mass is 10.0. The summed E-state index contributed by atoms with van der Waals surface area (Å²) in [5.41, 5.74) is 4.88. The van der Waals surface area contributed by atoms with Gasteiger partial charge in [0.25, 0.3) is 0 Å². The second-order valence-corrected chi connectivity index (χ2v) is 10.9. The monoisotopic (exact) mass is 330 g/mol. The molecule has 0 fully saturated rings. The van der Waals surface area contributed by atoms with Crippen LogP contribution in [0.2, 0.25) is 19.6 Å². The fourth-order valence-electron chi connectivity index (χ4n) is 1.75. The molecule has 0 saturated heterocycles. The Bertz CT molecular complexity index is 657. The first-order valence-electron chi connectivity index (χ1n) is 7.21. The lowest BCUT2D eigenvalue weighted by Gasteiger charge is -2.18. The molecule has 0 aromatic heterocycles. The lowest BCUT2D eigenvalue weighted by Crippen LogP contribution is -2.17. The van der Waals surface area contributed by atoms with Gasteiger partial charge in [0.05, 0.1) is 12.7 Å². The highest BCUT2D eigenvalue weighted by Crippen LogP contribution is 2.26. The topological polar surface area (TPSA) is 52.6 Å². The summed E-state index contributed by atoms with van der Waals surface area (Å²) in [6.07, 6.45) is -0.862. The molecule has 1 aromatic rings. The molecule has 1 unspecified atom stereocenters. The van der Waals surface area contributed by atoms with Crippen LogP contribution in [-0.4, -0.2) is 27.1 Å². The highest BCUT2D eigenvalue weighted by molar-refractivity contribution is 6.83. The number of rotatable bonds is 4. The summed E-state index contributed by atoms with van der Waals surface area (Å²) in [5, 5.41) is 0. The van der Waals surface area contributed by atoms with Crippen molar-refractivity contribution < 1.29 is 19.1 Å². The Labute approximate surface area is 138 Å². The molecule has 0 amide bonds. The summed E-state index contributed by atoms with van der Waals surface area (Å²) >= 11 is 0. The Morgan fingerprint density at radius 3 is 2.17 bits per heavy atom. The zero-order valence-electron chi connectivity index (χ0n) is 14.2. The van der Waals surface area contributed by atoms with Gasteiger partial charge >= 0.3 is 11.9 Å². The maximum Gasteiger partial charge on any atom is 0.337 e. The van der Waals surface area contributed by atoms with Gasteiger partial charge in [0, 0.05) is 12.5 Å². The van der Waals surface area contributed by atoms with Crippen LogP contribution in [0.25, 0.3) is 0 Å². The van der Waals surface area contributed by atoms with E-state index >= 15 is 0 Å². The van der Waals surface area contributed by atoms with Gasteiger partial charge in [-0.1, -0.05) is 44.3 Å². The van der Waals surface area contributed by atoms with Gasteiger partial charge in [-0.25, -0.2) is 4.79 Å². The van der Waals surface area contributed by atoms with Crippen molar-refractivity contribution in [2.45, 2.75) is 32.7 Å². The molecule has 0 spiro atoms. The number of methoxy groups -OCH3 is 1. The van der Waals surface area contributed by atoms with Crippen molar-refractivity contribution in [3.63, 3.8) is 0 Å². The van der Waals surface area contributed by atoms with E-state index in [0.717, 1.165) is 5.56 Å². The van der Waals surface area contributed by atoms with Gasteiger partial charge in [-0.05, 0) is 17.7 Å².